The number of nitrogens with zero attached hydrogens (tertiary/aromatic N) is 3. The molecule has 0 spiro atoms. The van der Waals surface area contributed by atoms with Crippen molar-refractivity contribution in [1.82, 2.24) is 14.5 Å². The average molecular weight is 596 g/mol. The highest BCUT2D eigenvalue weighted by Gasteiger charge is 2.24. The van der Waals surface area contributed by atoms with Gasteiger partial charge in [0.1, 0.15) is 0 Å². The molecule has 0 fully saturated rings. The molecule has 10 aromatic rings. The first kappa shape index (κ1) is 24.9. The number of hydrogen-bond acceptors (Lipinski definition) is 2. The first-order chi connectivity index (χ1) is 23.3. The van der Waals surface area contributed by atoms with E-state index >= 15 is 0 Å². The van der Waals surface area contributed by atoms with Crippen molar-refractivity contribution in [2.75, 3.05) is 0 Å². The zero-order chi connectivity index (χ0) is 30.6. The van der Waals surface area contributed by atoms with Gasteiger partial charge in [-0.15, -0.1) is 0 Å². The van der Waals surface area contributed by atoms with Crippen LogP contribution < -0.4 is 0 Å². The minimum Gasteiger partial charge on any atom is -0.309 e. The van der Waals surface area contributed by atoms with Crippen LogP contribution in [0.3, 0.4) is 0 Å². The molecule has 11 rings (SSSR count). The summed E-state index contributed by atoms with van der Waals surface area (Å²) in [6.07, 6.45) is 0. The van der Waals surface area contributed by atoms with Gasteiger partial charge < -0.3 is 4.57 Å². The number of hydrogen-bond donors (Lipinski definition) is 0. The minimum atomic E-state index is 0.873. The SMILES string of the molecule is c1ccc(-c2nc3ccc(-n4c5ccc6cccc7c6c5c5c6c(ccc8cccc-7c86)ccc54)cc3nc2-c2ccccc2)cc1. The largest absolute Gasteiger partial charge is 0.309 e. The molecule has 0 N–H and O–H groups in total. The van der Waals surface area contributed by atoms with Crippen LogP contribution in [0.15, 0.2) is 152 Å². The van der Waals surface area contributed by atoms with Crippen molar-refractivity contribution < 1.29 is 0 Å². The molecule has 8 aromatic carbocycles. The lowest BCUT2D eigenvalue weighted by Gasteiger charge is -2.15. The predicted octanol–water partition coefficient (Wildman–Crippen LogP) is 11.5. The second-order valence-electron chi connectivity index (χ2n) is 12.6. The summed E-state index contributed by atoms with van der Waals surface area (Å²) < 4.78 is 2.43. The van der Waals surface area contributed by atoms with Gasteiger partial charge in [0, 0.05) is 33.0 Å². The smallest absolute Gasteiger partial charge is 0.0973 e. The van der Waals surface area contributed by atoms with E-state index in [9.17, 15) is 0 Å². The average Bonchev–Trinajstić information content (AvgIpc) is 3.42. The van der Waals surface area contributed by atoms with Crippen LogP contribution in [-0.2, 0) is 0 Å². The summed E-state index contributed by atoms with van der Waals surface area (Å²) in [4.78, 5) is 10.5. The normalized spacial score (nSPS) is 12.3. The summed E-state index contributed by atoms with van der Waals surface area (Å²) in [7, 11) is 0. The summed E-state index contributed by atoms with van der Waals surface area (Å²) in [6, 6.07) is 54.5. The van der Waals surface area contributed by atoms with E-state index in [0.29, 0.717) is 0 Å². The summed E-state index contributed by atoms with van der Waals surface area (Å²) in [5.41, 5.74) is 11.7. The van der Waals surface area contributed by atoms with Crippen LogP contribution in [0.25, 0.3) is 104 Å². The third-order valence-corrected chi connectivity index (χ3v) is 10.1. The standard InChI is InChI=1S/C44H25N3/c1-3-9-29(10-4-1)43-44(30-11-5-2-6-12-30)46-35-25-31(21-22-34(35)45-43)47-36-23-19-27-14-8-16-33-32-15-7-13-26-17-18-28-20-24-37(47)42(40(28)38(26)32)41(36)39(27)33/h1-25H. The predicted molar refractivity (Wildman–Crippen MR) is 196 cm³/mol. The van der Waals surface area contributed by atoms with E-state index in [2.05, 4.69) is 144 Å². The fraction of sp³-hybridized carbons (Fsp3) is 0. The first-order valence-corrected chi connectivity index (χ1v) is 16.1. The van der Waals surface area contributed by atoms with Crippen molar-refractivity contribution in [2.24, 2.45) is 0 Å². The molecule has 3 nitrogen and oxygen atoms in total. The van der Waals surface area contributed by atoms with Crippen LogP contribution in [0, 0.1) is 0 Å². The quantitative estimate of drug-likeness (QED) is 0.190. The van der Waals surface area contributed by atoms with Gasteiger partial charge in [-0.1, -0.05) is 121 Å². The molecule has 47 heavy (non-hydrogen) atoms. The van der Waals surface area contributed by atoms with Crippen molar-refractivity contribution >= 4 is 65.2 Å². The Morgan fingerprint density at radius 3 is 1.49 bits per heavy atom. The van der Waals surface area contributed by atoms with E-state index in [0.717, 1.165) is 39.2 Å². The van der Waals surface area contributed by atoms with Gasteiger partial charge in [0.2, 0.25) is 0 Å². The van der Waals surface area contributed by atoms with Gasteiger partial charge in [-0.25, -0.2) is 9.97 Å². The molecule has 1 aliphatic carbocycles. The Bertz CT molecular complexity index is 2940. The van der Waals surface area contributed by atoms with E-state index in [1.807, 2.05) is 12.1 Å². The maximum Gasteiger partial charge on any atom is 0.0973 e. The Morgan fingerprint density at radius 1 is 0.362 bits per heavy atom. The maximum absolute atomic E-state index is 5.32. The highest BCUT2D eigenvalue weighted by molar-refractivity contribution is 6.38. The van der Waals surface area contributed by atoms with Gasteiger partial charge in [0.25, 0.3) is 0 Å². The van der Waals surface area contributed by atoms with Crippen LogP contribution in [0.5, 0.6) is 0 Å². The van der Waals surface area contributed by atoms with E-state index in [4.69, 9.17) is 9.97 Å². The first-order valence-electron chi connectivity index (χ1n) is 16.1. The highest BCUT2D eigenvalue weighted by Crippen LogP contribution is 2.49. The van der Waals surface area contributed by atoms with Crippen molar-refractivity contribution in [3.63, 3.8) is 0 Å². The Labute approximate surface area is 270 Å². The molecule has 0 radical (unpaired) electrons. The Kier molecular flexibility index (Phi) is 4.84. The molecular formula is C44H25N3. The Balaban J connectivity index is 1.26. The zero-order valence-corrected chi connectivity index (χ0v) is 25.3. The van der Waals surface area contributed by atoms with Crippen LogP contribution in [0.1, 0.15) is 0 Å². The Hall–Kier alpha value is -6.32. The highest BCUT2D eigenvalue weighted by atomic mass is 15.0. The number of aromatic nitrogens is 3. The molecule has 0 saturated heterocycles. The third kappa shape index (κ3) is 3.35. The molecule has 2 aromatic heterocycles. The summed E-state index contributed by atoms with van der Waals surface area (Å²) in [5.74, 6) is 0. The van der Waals surface area contributed by atoms with E-state index < -0.39 is 0 Å². The third-order valence-electron chi connectivity index (χ3n) is 10.1. The van der Waals surface area contributed by atoms with Gasteiger partial charge in [-0.2, -0.15) is 0 Å². The van der Waals surface area contributed by atoms with E-state index in [1.54, 1.807) is 0 Å². The lowest BCUT2D eigenvalue weighted by Crippen LogP contribution is -1.98. The molecule has 2 heterocycles. The van der Waals surface area contributed by atoms with E-state index in [1.165, 1.54) is 65.3 Å². The molecular weight excluding hydrogens is 571 g/mol. The Morgan fingerprint density at radius 2 is 0.872 bits per heavy atom. The van der Waals surface area contributed by atoms with Crippen LogP contribution >= 0.6 is 0 Å². The van der Waals surface area contributed by atoms with Crippen molar-refractivity contribution in [1.29, 1.82) is 0 Å². The van der Waals surface area contributed by atoms with Gasteiger partial charge >= 0.3 is 0 Å². The van der Waals surface area contributed by atoms with Crippen LogP contribution in [0.4, 0.5) is 0 Å². The van der Waals surface area contributed by atoms with Crippen molar-refractivity contribution in [2.45, 2.75) is 0 Å². The molecule has 0 amide bonds. The van der Waals surface area contributed by atoms with Crippen molar-refractivity contribution in [3.05, 3.63) is 152 Å². The molecule has 0 saturated carbocycles. The topological polar surface area (TPSA) is 30.7 Å². The lowest BCUT2D eigenvalue weighted by atomic mass is 9.93. The van der Waals surface area contributed by atoms with Crippen molar-refractivity contribution in [3.8, 4) is 39.3 Å². The molecule has 3 heteroatoms. The second kappa shape index (κ2) is 9.12. The number of benzene rings is 8. The summed E-state index contributed by atoms with van der Waals surface area (Å²) in [6.45, 7) is 0. The van der Waals surface area contributed by atoms with Gasteiger partial charge in [0.05, 0.1) is 33.5 Å². The molecule has 0 bridgehead atoms. The van der Waals surface area contributed by atoms with E-state index in [-0.39, 0.29) is 0 Å². The lowest BCUT2D eigenvalue weighted by molar-refractivity contribution is 1.18. The molecule has 216 valence electrons. The fourth-order valence-electron chi connectivity index (χ4n) is 8.06. The molecule has 1 aliphatic rings. The van der Waals surface area contributed by atoms with Gasteiger partial charge in [-0.3, -0.25) is 0 Å². The van der Waals surface area contributed by atoms with Crippen LogP contribution in [-0.4, -0.2) is 14.5 Å². The fourth-order valence-corrected chi connectivity index (χ4v) is 8.06. The van der Waals surface area contributed by atoms with Gasteiger partial charge in [0.15, 0.2) is 0 Å². The number of rotatable bonds is 3. The summed E-state index contributed by atoms with van der Waals surface area (Å²) in [5, 5.41) is 10.4. The monoisotopic (exact) mass is 595 g/mol. The van der Waals surface area contributed by atoms with Crippen LogP contribution in [0.2, 0.25) is 0 Å². The molecule has 0 atom stereocenters. The maximum atomic E-state index is 5.32. The minimum absolute atomic E-state index is 0.873. The summed E-state index contributed by atoms with van der Waals surface area (Å²) >= 11 is 0. The second-order valence-corrected chi connectivity index (χ2v) is 12.6. The zero-order valence-electron chi connectivity index (χ0n) is 25.3. The molecule has 0 unspecified atom stereocenters. The van der Waals surface area contributed by atoms with Gasteiger partial charge in [-0.05, 0) is 68.4 Å². The molecule has 0 aliphatic heterocycles. The number of fused-ring (bicyclic) bond motifs is 2.